The van der Waals surface area contributed by atoms with Gasteiger partial charge >= 0.3 is 0 Å². The molecule has 3 rings (SSSR count). The van der Waals surface area contributed by atoms with E-state index in [1.165, 1.54) is 11.3 Å². The van der Waals surface area contributed by atoms with Crippen LogP contribution in [0.1, 0.15) is 59.0 Å². The largest absolute Gasteiger partial charge is 0.365 e. The van der Waals surface area contributed by atoms with Gasteiger partial charge in [0.05, 0.1) is 11.5 Å². The molecular formula is C22H27N3O3S. The molecule has 154 valence electrons. The van der Waals surface area contributed by atoms with Crippen LogP contribution in [0.2, 0.25) is 0 Å². The summed E-state index contributed by atoms with van der Waals surface area (Å²) in [7, 11) is 0. The van der Waals surface area contributed by atoms with E-state index in [0.717, 1.165) is 28.1 Å². The second-order valence-electron chi connectivity index (χ2n) is 7.61. The lowest BCUT2D eigenvalue weighted by atomic mass is 9.96. The average Bonchev–Trinajstić information content (AvgIpc) is 3.20. The van der Waals surface area contributed by atoms with Gasteiger partial charge in [-0.1, -0.05) is 32.0 Å². The fraction of sp³-hybridized carbons (Fsp3) is 0.409. The molecule has 1 fully saturated rings. The Bertz CT molecular complexity index is 966. The van der Waals surface area contributed by atoms with Crippen LogP contribution in [0.15, 0.2) is 24.3 Å². The monoisotopic (exact) mass is 413 g/mol. The number of hydrogen-bond acceptors (Lipinski definition) is 4. The summed E-state index contributed by atoms with van der Waals surface area (Å²) in [6.07, 6.45) is 1.12. The predicted octanol–water partition coefficient (Wildman–Crippen LogP) is 3.97. The average molecular weight is 414 g/mol. The fourth-order valence-electron chi connectivity index (χ4n) is 3.71. The third-order valence-electron chi connectivity index (χ3n) is 5.74. The van der Waals surface area contributed by atoms with Crippen LogP contribution in [0.4, 0.5) is 10.7 Å². The Morgan fingerprint density at radius 2 is 2.00 bits per heavy atom. The van der Waals surface area contributed by atoms with E-state index in [-0.39, 0.29) is 18.2 Å². The van der Waals surface area contributed by atoms with E-state index in [4.69, 9.17) is 5.73 Å². The minimum Gasteiger partial charge on any atom is -0.365 e. The van der Waals surface area contributed by atoms with Crippen molar-refractivity contribution in [1.82, 2.24) is 0 Å². The van der Waals surface area contributed by atoms with E-state index in [0.29, 0.717) is 23.0 Å². The second-order valence-corrected chi connectivity index (χ2v) is 8.84. The van der Waals surface area contributed by atoms with Crippen molar-refractivity contribution in [2.24, 2.45) is 11.7 Å². The fourth-order valence-corrected chi connectivity index (χ4v) is 4.78. The number of thiophene rings is 1. The zero-order valence-electron chi connectivity index (χ0n) is 17.2. The molecule has 0 spiro atoms. The summed E-state index contributed by atoms with van der Waals surface area (Å²) in [6, 6.07) is 7.87. The van der Waals surface area contributed by atoms with Crippen LogP contribution in [0.25, 0.3) is 0 Å². The molecule has 0 saturated carbocycles. The molecule has 3 amide bonds. The first-order valence-corrected chi connectivity index (χ1v) is 10.7. The zero-order chi connectivity index (χ0) is 21.3. The van der Waals surface area contributed by atoms with Gasteiger partial charge < -0.3 is 16.0 Å². The summed E-state index contributed by atoms with van der Waals surface area (Å²) >= 11 is 1.33. The molecular weight excluding hydrogens is 386 g/mol. The summed E-state index contributed by atoms with van der Waals surface area (Å²) in [4.78, 5) is 40.0. The van der Waals surface area contributed by atoms with Crippen molar-refractivity contribution in [2.45, 2.75) is 46.5 Å². The Hall–Kier alpha value is -2.67. The van der Waals surface area contributed by atoms with Crippen LogP contribution in [0, 0.1) is 19.8 Å². The number of rotatable bonds is 6. The lowest BCUT2D eigenvalue weighted by molar-refractivity contribution is -0.122. The van der Waals surface area contributed by atoms with Crippen molar-refractivity contribution in [3.05, 3.63) is 45.8 Å². The number of nitrogens with zero attached hydrogens (tertiary/aromatic N) is 1. The number of carbonyl (C=O) groups is 3. The molecule has 0 radical (unpaired) electrons. The summed E-state index contributed by atoms with van der Waals surface area (Å²) in [6.45, 7) is 8.28. The lowest BCUT2D eigenvalue weighted by Crippen LogP contribution is -2.29. The Balaban J connectivity index is 1.81. The van der Waals surface area contributed by atoms with E-state index in [2.05, 4.69) is 19.2 Å². The summed E-state index contributed by atoms with van der Waals surface area (Å²) in [5.41, 5.74) is 8.62. The molecule has 2 heterocycles. The maximum atomic E-state index is 12.9. The molecule has 3 N–H and O–H groups in total. The Morgan fingerprint density at radius 1 is 1.31 bits per heavy atom. The van der Waals surface area contributed by atoms with Crippen LogP contribution < -0.4 is 16.0 Å². The minimum atomic E-state index is -0.561. The maximum absolute atomic E-state index is 12.9. The van der Waals surface area contributed by atoms with Gasteiger partial charge in [0.2, 0.25) is 11.8 Å². The van der Waals surface area contributed by atoms with Gasteiger partial charge in [-0.3, -0.25) is 14.4 Å². The topological polar surface area (TPSA) is 92.5 Å². The number of nitrogens with two attached hydrogens (primary N) is 1. The lowest BCUT2D eigenvalue weighted by Gasteiger charge is -2.23. The standard InChI is InChI=1S/C22H27N3O3S/c1-5-12(2)16-8-6-7-9-17(16)25-11-15(10-18(25)26)21(28)24-22-19(20(23)27)13(3)14(4)29-22/h6-9,12,15H,5,10-11H2,1-4H3,(H2,23,27)(H,24,28). The molecule has 0 bridgehead atoms. The van der Waals surface area contributed by atoms with Gasteiger partial charge in [0.25, 0.3) is 5.91 Å². The molecule has 1 aromatic carbocycles. The third kappa shape index (κ3) is 4.05. The Kier molecular flexibility index (Phi) is 6.07. The SMILES string of the molecule is CCC(C)c1ccccc1N1CC(C(=O)Nc2sc(C)c(C)c2C(N)=O)CC1=O. The number of primary amides is 1. The number of carbonyl (C=O) groups excluding carboxylic acids is 3. The Morgan fingerprint density at radius 3 is 2.66 bits per heavy atom. The molecule has 1 saturated heterocycles. The maximum Gasteiger partial charge on any atom is 0.251 e. The number of aryl methyl sites for hydroxylation is 1. The predicted molar refractivity (Wildman–Crippen MR) is 117 cm³/mol. The van der Waals surface area contributed by atoms with Crippen molar-refractivity contribution < 1.29 is 14.4 Å². The van der Waals surface area contributed by atoms with Gasteiger partial charge in [-0.05, 0) is 43.4 Å². The highest BCUT2D eigenvalue weighted by Gasteiger charge is 2.36. The number of hydrogen-bond donors (Lipinski definition) is 2. The van der Waals surface area contributed by atoms with Crippen LogP contribution in [-0.2, 0) is 9.59 Å². The van der Waals surface area contributed by atoms with Gasteiger partial charge in [0.15, 0.2) is 0 Å². The second kappa shape index (κ2) is 8.37. The smallest absolute Gasteiger partial charge is 0.251 e. The van der Waals surface area contributed by atoms with Crippen molar-refractivity contribution in [3.63, 3.8) is 0 Å². The number of para-hydroxylation sites is 1. The van der Waals surface area contributed by atoms with E-state index in [1.807, 2.05) is 38.1 Å². The zero-order valence-corrected chi connectivity index (χ0v) is 18.1. The number of anilines is 2. The molecule has 1 aliphatic heterocycles. The molecule has 2 unspecified atom stereocenters. The van der Waals surface area contributed by atoms with Crippen LogP contribution in [0.5, 0.6) is 0 Å². The molecule has 2 atom stereocenters. The first kappa shape index (κ1) is 21.0. The van der Waals surface area contributed by atoms with E-state index in [1.54, 1.807) is 4.90 Å². The van der Waals surface area contributed by atoms with Crippen molar-refractivity contribution in [2.75, 3.05) is 16.8 Å². The number of amides is 3. The van der Waals surface area contributed by atoms with E-state index >= 15 is 0 Å². The van der Waals surface area contributed by atoms with Gasteiger partial charge in [-0.25, -0.2) is 0 Å². The van der Waals surface area contributed by atoms with Crippen molar-refractivity contribution in [3.8, 4) is 0 Å². The summed E-state index contributed by atoms with van der Waals surface area (Å²) in [5.74, 6) is -1.04. The highest BCUT2D eigenvalue weighted by molar-refractivity contribution is 7.16. The Labute approximate surface area is 175 Å². The van der Waals surface area contributed by atoms with Gasteiger partial charge in [0.1, 0.15) is 5.00 Å². The third-order valence-corrected chi connectivity index (χ3v) is 6.86. The van der Waals surface area contributed by atoms with E-state index < -0.39 is 11.8 Å². The van der Waals surface area contributed by atoms with Crippen LogP contribution in [0.3, 0.4) is 0 Å². The normalized spacial score (nSPS) is 17.4. The van der Waals surface area contributed by atoms with Crippen LogP contribution in [-0.4, -0.2) is 24.3 Å². The summed E-state index contributed by atoms with van der Waals surface area (Å²) < 4.78 is 0. The molecule has 1 aromatic heterocycles. The van der Waals surface area contributed by atoms with Gasteiger partial charge in [-0.15, -0.1) is 11.3 Å². The van der Waals surface area contributed by atoms with Crippen molar-refractivity contribution in [1.29, 1.82) is 0 Å². The molecule has 6 nitrogen and oxygen atoms in total. The van der Waals surface area contributed by atoms with Gasteiger partial charge in [-0.2, -0.15) is 0 Å². The summed E-state index contributed by atoms with van der Waals surface area (Å²) in [5, 5.41) is 3.30. The van der Waals surface area contributed by atoms with Crippen LogP contribution >= 0.6 is 11.3 Å². The number of nitrogens with one attached hydrogen (secondary N) is 1. The first-order chi connectivity index (χ1) is 13.7. The molecule has 29 heavy (non-hydrogen) atoms. The van der Waals surface area contributed by atoms with E-state index in [9.17, 15) is 14.4 Å². The molecule has 2 aromatic rings. The molecule has 7 heteroatoms. The quantitative estimate of drug-likeness (QED) is 0.750. The first-order valence-electron chi connectivity index (χ1n) is 9.84. The minimum absolute atomic E-state index is 0.0606. The van der Waals surface area contributed by atoms with Crippen molar-refractivity contribution >= 4 is 39.7 Å². The molecule has 0 aliphatic carbocycles. The van der Waals surface area contributed by atoms with Gasteiger partial charge in [0, 0.05) is 23.5 Å². The highest BCUT2D eigenvalue weighted by atomic mass is 32.1. The number of benzene rings is 1. The molecule has 1 aliphatic rings. The highest BCUT2D eigenvalue weighted by Crippen LogP contribution is 2.35.